The Hall–Kier alpha value is -0.290. The highest BCUT2D eigenvalue weighted by Crippen LogP contribution is 2.30. The second-order valence-corrected chi connectivity index (χ2v) is 6.49. The van der Waals surface area contributed by atoms with Crippen molar-refractivity contribution in [2.75, 3.05) is 0 Å². The highest BCUT2D eigenvalue weighted by molar-refractivity contribution is 9.10. The van der Waals surface area contributed by atoms with Crippen molar-refractivity contribution in [3.05, 3.63) is 67.1 Å². The Balaban J connectivity index is 2.31. The molecule has 0 spiro atoms. The minimum absolute atomic E-state index is 0.167. The van der Waals surface area contributed by atoms with E-state index in [1.54, 1.807) is 18.2 Å². The standard InChI is InChI=1S/C14H12BrCl3N2/c15-9-2-1-8(13(18)6-9)5-14(20-19)11-7-10(16)3-4-12(11)17/h1-4,6-7,14,20H,5,19H2. The Morgan fingerprint density at radius 3 is 2.45 bits per heavy atom. The second-order valence-electron chi connectivity index (χ2n) is 4.32. The predicted octanol–water partition coefficient (Wildman–Crippen LogP) is 5.16. The van der Waals surface area contributed by atoms with E-state index >= 15 is 0 Å². The SMILES string of the molecule is NNC(Cc1ccc(Br)cc1Cl)c1cc(Cl)ccc1Cl. The van der Waals surface area contributed by atoms with Crippen molar-refractivity contribution < 1.29 is 0 Å². The Kier molecular flexibility index (Phi) is 5.73. The molecule has 0 saturated carbocycles. The topological polar surface area (TPSA) is 38.0 Å². The first-order valence-electron chi connectivity index (χ1n) is 5.86. The molecule has 1 atom stereocenters. The molecule has 0 aliphatic heterocycles. The molecule has 0 radical (unpaired) electrons. The number of rotatable bonds is 4. The van der Waals surface area contributed by atoms with Crippen molar-refractivity contribution in [1.29, 1.82) is 0 Å². The molecule has 0 bridgehead atoms. The van der Waals surface area contributed by atoms with Crippen LogP contribution in [0.3, 0.4) is 0 Å². The van der Waals surface area contributed by atoms with Gasteiger partial charge in [-0.2, -0.15) is 0 Å². The molecule has 1 unspecified atom stereocenters. The monoisotopic (exact) mass is 392 g/mol. The predicted molar refractivity (Wildman–Crippen MR) is 89.4 cm³/mol. The number of benzene rings is 2. The number of hydrogen-bond donors (Lipinski definition) is 2. The van der Waals surface area contributed by atoms with Crippen LogP contribution in [0.1, 0.15) is 17.2 Å². The molecule has 6 heteroatoms. The maximum Gasteiger partial charge on any atom is 0.0516 e. The summed E-state index contributed by atoms with van der Waals surface area (Å²) in [5, 5.41) is 1.91. The third-order valence-corrected chi connectivity index (χ3v) is 4.40. The molecule has 20 heavy (non-hydrogen) atoms. The molecular formula is C14H12BrCl3N2. The minimum Gasteiger partial charge on any atom is -0.271 e. The summed E-state index contributed by atoms with van der Waals surface area (Å²) in [4.78, 5) is 0. The Morgan fingerprint density at radius 2 is 1.80 bits per heavy atom. The van der Waals surface area contributed by atoms with Gasteiger partial charge in [0.15, 0.2) is 0 Å². The number of halogens is 4. The molecule has 0 aromatic heterocycles. The third-order valence-electron chi connectivity index (χ3n) is 2.97. The zero-order valence-corrected chi connectivity index (χ0v) is 14.2. The fourth-order valence-electron chi connectivity index (χ4n) is 1.95. The summed E-state index contributed by atoms with van der Waals surface area (Å²) in [6, 6.07) is 10.9. The maximum absolute atomic E-state index is 6.23. The van der Waals surface area contributed by atoms with Crippen LogP contribution in [0.5, 0.6) is 0 Å². The normalized spacial score (nSPS) is 12.4. The van der Waals surface area contributed by atoms with Gasteiger partial charge in [0.05, 0.1) is 6.04 Å². The second kappa shape index (κ2) is 7.12. The first-order valence-corrected chi connectivity index (χ1v) is 7.79. The van der Waals surface area contributed by atoms with E-state index in [0.29, 0.717) is 21.5 Å². The van der Waals surface area contributed by atoms with E-state index in [4.69, 9.17) is 40.6 Å². The molecule has 2 nitrogen and oxygen atoms in total. The zero-order valence-electron chi connectivity index (χ0n) is 10.3. The van der Waals surface area contributed by atoms with Crippen LogP contribution in [-0.2, 0) is 6.42 Å². The average Bonchev–Trinajstić information content (AvgIpc) is 2.41. The van der Waals surface area contributed by atoms with Gasteiger partial charge in [-0.25, -0.2) is 0 Å². The molecule has 2 aromatic rings. The first kappa shape index (κ1) is 16.1. The summed E-state index contributed by atoms with van der Waals surface area (Å²) >= 11 is 21.8. The first-order chi connectivity index (χ1) is 9.51. The lowest BCUT2D eigenvalue weighted by atomic mass is 9.99. The van der Waals surface area contributed by atoms with Gasteiger partial charge in [0.1, 0.15) is 0 Å². The largest absolute Gasteiger partial charge is 0.271 e. The molecule has 0 heterocycles. The van der Waals surface area contributed by atoms with Crippen molar-refractivity contribution in [2.24, 2.45) is 5.84 Å². The van der Waals surface area contributed by atoms with Crippen LogP contribution in [0.15, 0.2) is 40.9 Å². The molecule has 3 N–H and O–H groups in total. The van der Waals surface area contributed by atoms with Crippen molar-refractivity contribution >= 4 is 50.7 Å². The maximum atomic E-state index is 6.23. The van der Waals surface area contributed by atoms with E-state index in [2.05, 4.69) is 21.4 Å². The van der Waals surface area contributed by atoms with Crippen molar-refractivity contribution in [2.45, 2.75) is 12.5 Å². The van der Waals surface area contributed by atoms with E-state index in [9.17, 15) is 0 Å². The number of hydrazine groups is 1. The van der Waals surface area contributed by atoms with Gasteiger partial charge >= 0.3 is 0 Å². The van der Waals surface area contributed by atoms with E-state index < -0.39 is 0 Å². The minimum atomic E-state index is -0.167. The highest BCUT2D eigenvalue weighted by atomic mass is 79.9. The summed E-state index contributed by atoms with van der Waals surface area (Å²) in [6.45, 7) is 0. The van der Waals surface area contributed by atoms with Gasteiger partial charge in [-0.05, 0) is 47.9 Å². The van der Waals surface area contributed by atoms with E-state index in [-0.39, 0.29) is 6.04 Å². The molecule has 0 aliphatic rings. The van der Waals surface area contributed by atoms with Gasteiger partial charge < -0.3 is 0 Å². The number of hydrogen-bond acceptors (Lipinski definition) is 2. The van der Waals surface area contributed by atoms with Gasteiger partial charge in [-0.15, -0.1) is 0 Å². The van der Waals surface area contributed by atoms with Crippen molar-refractivity contribution in [3.63, 3.8) is 0 Å². The summed E-state index contributed by atoms with van der Waals surface area (Å²) in [5.41, 5.74) is 4.59. The number of nitrogens with one attached hydrogen (secondary N) is 1. The van der Waals surface area contributed by atoms with Crippen LogP contribution < -0.4 is 11.3 Å². The van der Waals surface area contributed by atoms with Crippen LogP contribution in [0.25, 0.3) is 0 Å². The summed E-state index contributed by atoms with van der Waals surface area (Å²) in [5.74, 6) is 5.65. The Labute approximate surface area is 141 Å². The smallest absolute Gasteiger partial charge is 0.0516 e. The molecule has 106 valence electrons. The van der Waals surface area contributed by atoms with Gasteiger partial charge in [0, 0.05) is 19.5 Å². The summed E-state index contributed by atoms with van der Waals surface area (Å²) < 4.78 is 0.935. The molecule has 2 aromatic carbocycles. The fraction of sp³-hybridized carbons (Fsp3) is 0.143. The van der Waals surface area contributed by atoms with Crippen LogP contribution in [0.2, 0.25) is 15.1 Å². The molecular weight excluding hydrogens is 382 g/mol. The summed E-state index contributed by atoms with van der Waals surface area (Å²) in [6.07, 6.45) is 0.614. The fourth-order valence-corrected chi connectivity index (χ4v) is 3.13. The van der Waals surface area contributed by atoms with Gasteiger partial charge in [0.25, 0.3) is 0 Å². The van der Waals surface area contributed by atoms with Gasteiger partial charge in [0.2, 0.25) is 0 Å². The van der Waals surface area contributed by atoms with E-state index in [1.807, 2.05) is 18.2 Å². The van der Waals surface area contributed by atoms with E-state index in [0.717, 1.165) is 15.6 Å². The molecule has 0 amide bonds. The quantitative estimate of drug-likeness (QED) is 0.555. The van der Waals surface area contributed by atoms with Gasteiger partial charge in [-0.1, -0.05) is 56.8 Å². The Bertz CT molecular complexity index is 619. The molecule has 0 saturated heterocycles. The summed E-state index contributed by atoms with van der Waals surface area (Å²) in [7, 11) is 0. The average molecular weight is 395 g/mol. The van der Waals surface area contributed by atoms with Gasteiger partial charge in [-0.3, -0.25) is 11.3 Å². The molecule has 2 rings (SSSR count). The van der Waals surface area contributed by atoms with Crippen LogP contribution >= 0.6 is 50.7 Å². The van der Waals surface area contributed by atoms with Crippen LogP contribution in [0, 0.1) is 0 Å². The van der Waals surface area contributed by atoms with Crippen molar-refractivity contribution in [3.8, 4) is 0 Å². The van der Waals surface area contributed by atoms with E-state index in [1.165, 1.54) is 0 Å². The zero-order chi connectivity index (χ0) is 14.7. The van der Waals surface area contributed by atoms with Crippen LogP contribution in [0.4, 0.5) is 0 Å². The third kappa shape index (κ3) is 3.88. The number of nitrogens with two attached hydrogens (primary N) is 1. The lowest BCUT2D eigenvalue weighted by molar-refractivity contribution is 0.552. The van der Waals surface area contributed by atoms with Crippen LogP contribution in [-0.4, -0.2) is 0 Å². The lowest BCUT2D eigenvalue weighted by Crippen LogP contribution is -2.29. The van der Waals surface area contributed by atoms with Crippen molar-refractivity contribution in [1.82, 2.24) is 5.43 Å². The Morgan fingerprint density at radius 1 is 1.05 bits per heavy atom. The molecule has 0 aliphatic carbocycles. The molecule has 0 fully saturated rings. The highest BCUT2D eigenvalue weighted by Gasteiger charge is 2.16. The lowest BCUT2D eigenvalue weighted by Gasteiger charge is -2.19.